The Kier molecular flexibility index (Phi) is 2.46. The Hall–Kier alpha value is -2.15. The Labute approximate surface area is 86.4 Å². The van der Waals surface area contributed by atoms with E-state index in [1.165, 1.54) is 0 Å². The molecule has 0 aliphatic carbocycles. The third-order valence-corrected chi connectivity index (χ3v) is 1.87. The summed E-state index contributed by atoms with van der Waals surface area (Å²) in [6, 6.07) is 5.21. The predicted molar refractivity (Wildman–Crippen MR) is 51.9 cm³/mol. The van der Waals surface area contributed by atoms with Gasteiger partial charge in [-0.3, -0.25) is 0 Å². The van der Waals surface area contributed by atoms with Crippen LogP contribution in [0, 0.1) is 11.8 Å². The van der Waals surface area contributed by atoms with Gasteiger partial charge in [0.2, 0.25) is 0 Å². The van der Waals surface area contributed by atoms with Gasteiger partial charge in [-0.2, -0.15) is 0 Å². The molecule has 2 rings (SSSR count). The summed E-state index contributed by atoms with van der Waals surface area (Å²) < 4.78 is 10.7. The lowest BCUT2D eigenvalue weighted by Crippen LogP contribution is -2.16. The van der Waals surface area contributed by atoms with Crippen molar-refractivity contribution in [3.05, 3.63) is 23.8 Å². The van der Waals surface area contributed by atoms with E-state index >= 15 is 0 Å². The molecule has 1 aliphatic rings. The average molecular weight is 204 g/mol. The molecule has 76 valence electrons. The highest BCUT2D eigenvalue weighted by Gasteiger charge is 2.13. The minimum absolute atomic E-state index is 0.457. The number of hydrogen-bond acceptors (Lipinski definition) is 3. The highest BCUT2D eigenvalue weighted by Crippen LogP contribution is 2.32. The van der Waals surface area contributed by atoms with Gasteiger partial charge in [0.1, 0.15) is 13.2 Å². The van der Waals surface area contributed by atoms with Crippen molar-refractivity contribution in [2.24, 2.45) is 0 Å². The van der Waals surface area contributed by atoms with Crippen LogP contribution in [0.3, 0.4) is 0 Å². The summed E-state index contributed by atoms with van der Waals surface area (Å²) in [7, 11) is 0. The molecule has 0 unspecified atom stereocenters. The minimum Gasteiger partial charge on any atom is -0.486 e. The summed E-state index contributed by atoms with van der Waals surface area (Å²) >= 11 is 0. The van der Waals surface area contributed by atoms with Crippen LogP contribution >= 0.6 is 0 Å². The van der Waals surface area contributed by atoms with Crippen LogP contribution in [0.5, 0.6) is 11.5 Å². The first-order chi connectivity index (χ1) is 7.27. The number of para-hydroxylation sites is 1. The van der Waals surface area contributed by atoms with Crippen LogP contribution in [0.1, 0.15) is 5.56 Å². The van der Waals surface area contributed by atoms with Gasteiger partial charge in [0.15, 0.2) is 11.5 Å². The number of carboxylic acid groups (broad SMARTS) is 1. The fraction of sp³-hybridized carbons (Fsp3) is 0.182. The van der Waals surface area contributed by atoms with Gasteiger partial charge in [-0.05, 0) is 12.1 Å². The molecule has 1 aromatic carbocycles. The Morgan fingerprint density at radius 2 is 2.13 bits per heavy atom. The molecule has 15 heavy (non-hydrogen) atoms. The molecule has 0 radical (unpaired) electrons. The number of carboxylic acids is 1. The summed E-state index contributed by atoms with van der Waals surface area (Å²) in [5.74, 6) is 4.53. The van der Waals surface area contributed by atoms with Gasteiger partial charge >= 0.3 is 5.97 Å². The van der Waals surface area contributed by atoms with E-state index < -0.39 is 5.97 Å². The van der Waals surface area contributed by atoms with Crippen LogP contribution in [-0.4, -0.2) is 24.3 Å². The van der Waals surface area contributed by atoms with E-state index in [4.69, 9.17) is 14.6 Å². The van der Waals surface area contributed by atoms with Crippen molar-refractivity contribution < 1.29 is 19.4 Å². The second kappa shape index (κ2) is 3.93. The van der Waals surface area contributed by atoms with Crippen LogP contribution in [0.25, 0.3) is 0 Å². The number of carbonyl (C=O) groups is 1. The first-order valence-corrected chi connectivity index (χ1v) is 4.41. The lowest BCUT2D eigenvalue weighted by molar-refractivity contribution is -0.130. The molecule has 1 aromatic rings. The van der Waals surface area contributed by atoms with Gasteiger partial charge in [0.25, 0.3) is 0 Å². The van der Waals surface area contributed by atoms with Crippen LogP contribution in [0.2, 0.25) is 0 Å². The molecule has 0 saturated carbocycles. The van der Waals surface area contributed by atoms with E-state index in [0.29, 0.717) is 30.3 Å². The van der Waals surface area contributed by atoms with E-state index in [1.807, 2.05) is 5.92 Å². The van der Waals surface area contributed by atoms with Crippen LogP contribution in [0.4, 0.5) is 0 Å². The quantitative estimate of drug-likeness (QED) is 0.638. The van der Waals surface area contributed by atoms with Crippen LogP contribution in [0.15, 0.2) is 18.2 Å². The molecular formula is C11H8O4. The number of benzene rings is 1. The molecule has 0 amide bonds. The zero-order valence-corrected chi connectivity index (χ0v) is 7.82. The molecule has 1 heterocycles. The average Bonchev–Trinajstić information content (AvgIpc) is 2.26. The van der Waals surface area contributed by atoms with Gasteiger partial charge in [0, 0.05) is 5.92 Å². The van der Waals surface area contributed by atoms with Crippen molar-refractivity contribution in [2.45, 2.75) is 0 Å². The molecule has 1 N–H and O–H groups in total. The number of aliphatic carboxylic acids is 1. The Morgan fingerprint density at radius 3 is 2.93 bits per heavy atom. The van der Waals surface area contributed by atoms with E-state index in [2.05, 4.69) is 5.92 Å². The number of ether oxygens (including phenoxy) is 2. The molecule has 1 aliphatic heterocycles. The standard InChI is InChI=1S/C11H8O4/c12-10(13)5-4-8-2-1-3-9-11(8)15-7-6-14-9/h1-3H,6-7H2,(H,12,13). The lowest BCUT2D eigenvalue weighted by Gasteiger charge is -2.18. The van der Waals surface area contributed by atoms with Crippen molar-refractivity contribution in [3.8, 4) is 23.3 Å². The third-order valence-electron chi connectivity index (χ3n) is 1.87. The summed E-state index contributed by atoms with van der Waals surface area (Å²) in [4.78, 5) is 10.3. The highest BCUT2D eigenvalue weighted by molar-refractivity contribution is 5.87. The Balaban J connectivity index is 2.40. The number of fused-ring (bicyclic) bond motifs is 1. The zero-order valence-electron chi connectivity index (χ0n) is 7.82. The SMILES string of the molecule is O=C(O)C#Cc1cccc2c1OCCO2. The van der Waals surface area contributed by atoms with Gasteiger partial charge in [-0.25, -0.2) is 4.79 Å². The molecule has 0 bridgehead atoms. The molecule has 0 spiro atoms. The van der Waals surface area contributed by atoms with Gasteiger partial charge < -0.3 is 14.6 Å². The van der Waals surface area contributed by atoms with E-state index in [9.17, 15) is 4.79 Å². The molecule has 4 heteroatoms. The monoisotopic (exact) mass is 204 g/mol. The number of hydrogen-bond donors (Lipinski definition) is 1. The number of rotatable bonds is 0. The van der Waals surface area contributed by atoms with Crippen LogP contribution < -0.4 is 9.47 Å². The summed E-state index contributed by atoms with van der Waals surface area (Å²) in [5.41, 5.74) is 0.537. The third kappa shape index (κ3) is 2.02. The second-order valence-corrected chi connectivity index (χ2v) is 2.88. The van der Waals surface area contributed by atoms with Crippen LogP contribution in [-0.2, 0) is 4.79 Å². The molecule has 0 atom stereocenters. The molecule has 0 aromatic heterocycles. The zero-order chi connectivity index (χ0) is 10.7. The maximum absolute atomic E-state index is 10.3. The largest absolute Gasteiger partial charge is 0.486 e. The van der Waals surface area contributed by atoms with Crippen molar-refractivity contribution in [3.63, 3.8) is 0 Å². The van der Waals surface area contributed by atoms with Gasteiger partial charge in [-0.1, -0.05) is 12.0 Å². The summed E-state index contributed by atoms with van der Waals surface area (Å²) in [6.45, 7) is 0.960. The maximum Gasteiger partial charge on any atom is 0.382 e. The van der Waals surface area contributed by atoms with E-state index in [-0.39, 0.29) is 0 Å². The topological polar surface area (TPSA) is 55.8 Å². The Morgan fingerprint density at radius 1 is 1.33 bits per heavy atom. The van der Waals surface area contributed by atoms with Gasteiger partial charge in [0.05, 0.1) is 5.56 Å². The van der Waals surface area contributed by atoms with Crippen molar-refractivity contribution in [1.82, 2.24) is 0 Å². The highest BCUT2D eigenvalue weighted by atomic mass is 16.6. The minimum atomic E-state index is -1.16. The molecule has 0 saturated heterocycles. The van der Waals surface area contributed by atoms with Crippen molar-refractivity contribution in [2.75, 3.05) is 13.2 Å². The molecular weight excluding hydrogens is 196 g/mol. The predicted octanol–water partition coefficient (Wildman–Crippen LogP) is 0.894. The molecule has 0 fully saturated rings. The smallest absolute Gasteiger partial charge is 0.382 e. The second-order valence-electron chi connectivity index (χ2n) is 2.88. The maximum atomic E-state index is 10.3. The first-order valence-electron chi connectivity index (χ1n) is 4.41. The summed E-state index contributed by atoms with van der Waals surface area (Å²) in [6.07, 6.45) is 0. The van der Waals surface area contributed by atoms with E-state index in [1.54, 1.807) is 18.2 Å². The van der Waals surface area contributed by atoms with Crippen molar-refractivity contribution >= 4 is 5.97 Å². The van der Waals surface area contributed by atoms with E-state index in [0.717, 1.165) is 0 Å². The first kappa shape index (κ1) is 9.41. The normalized spacial score (nSPS) is 12.5. The van der Waals surface area contributed by atoms with Gasteiger partial charge in [-0.15, -0.1) is 0 Å². The van der Waals surface area contributed by atoms with Crippen molar-refractivity contribution in [1.29, 1.82) is 0 Å². The lowest BCUT2D eigenvalue weighted by atomic mass is 10.2. The Bertz CT molecular complexity index is 453. The molecule has 4 nitrogen and oxygen atoms in total. The fourth-order valence-corrected chi connectivity index (χ4v) is 1.29. The summed E-state index contributed by atoms with van der Waals surface area (Å²) in [5, 5.41) is 8.43. The fourth-order valence-electron chi connectivity index (χ4n) is 1.29.